The Morgan fingerprint density at radius 1 is 1.03 bits per heavy atom. The Kier molecular flexibility index (Phi) is 6.23. The standard InChI is InChI=1S/C23H34N4O2/c1-18-20(23(29)27(24(18)2)19-10-6-5-7-11-19)16-25-15-12-21(22(28)17-25)26-13-8-3-4-9-14-26/h5-7,10-11,21-22,28H,3-4,8-9,12-17H2,1-2H3/t21-,22-/m1/s1. The van der Waals surface area contributed by atoms with Crippen molar-refractivity contribution < 1.29 is 5.11 Å². The van der Waals surface area contributed by atoms with Gasteiger partial charge in [-0.05, 0) is 51.4 Å². The van der Waals surface area contributed by atoms with Gasteiger partial charge in [-0.1, -0.05) is 31.0 Å². The molecule has 0 saturated carbocycles. The van der Waals surface area contributed by atoms with Crippen LogP contribution in [0.15, 0.2) is 35.1 Å². The third-order valence-electron chi connectivity index (χ3n) is 6.80. The SMILES string of the molecule is Cc1c(CN2CC[C@@H](N3CCCCCC3)[C@H](O)C2)c(=O)n(-c2ccccc2)n1C. The summed E-state index contributed by atoms with van der Waals surface area (Å²) in [5, 5.41) is 10.9. The maximum absolute atomic E-state index is 13.2. The van der Waals surface area contributed by atoms with Crippen LogP contribution in [0.3, 0.4) is 0 Å². The molecule has 2 saturated heterocycles. The van der Waals surface area contributed by atoms with E-state index in [0.29, 0.717) is 13.1 Å². The highest BCUT2D eigenvalue weighted by molar-refractivity contribution is 5.33. The number of β-amino-alcohol motifs (C(OH)–C–C–N with tert-alkyl or cyclic N) is 1. The van der Waals surface area contributed by atoms with Crippen LogP contribution in [0.5, 0.6) is 0 Å². The zero-order valence-electron chi connectivity index (χ0n) is 17.8. The van der Waals surface area contributed by atoms with E-state index < -0.39 is 0 Å². The summed E-state index contributed by atoms with van der Waals surface area (Å²) in [6.45, 7) is 6.40. The molecular weight excluding hydrogens is 364 g/mol. The van der Waals surface area contributed by atoms with Crippen molar-refractivity contribution in [2.24, 2.45) is 7.05 Å². The van der Waals surface area contributed by atoms with Crippen molar-refractivity contribution in [3.05, 3.63) is 51.9 Å². The zero-order valence-corrected chi connectivity index (χ0v) is 17.8. The van der Waals surface area contributed by atoms with Crippen molar-refractivity contribution in [1.82, 2.24) is 19.2 Å². The normalized spacial score (nSPS) is 24.5. The largest absolute Gasteiger partial charge is 0.390 e. The van der Waals surface area contributed by atoms with Gasteiger partial charge in [0.25, 0.3) is 5.56 Å². The number of benzene rings is 1. The second-order valence-corrected chi connectivity index (χ2v) is 8.65. The third kappa shape index (κ3) is 4.20. The minimum absolute atomic E-state index is 0.0420. The number of likely N-dealkylation sites (tertiary alicyclic amines) is 2. The van der Waals surface area contributed by atoms with Crippen molar-refractivity contribution in [3.8, 4) is 5.69 Å². The molecule has 0 unspecified atom stereocenters. The summed E-state index contributed by atoms with van der Waals surface area (Å²) < 4.78 is 3.68. The van der Waals surface area contributed by atoms with E-state index >= 15 is 0 Å². The summed E-state index contributed by atoms with van der Waals surface area (Å²) in [4.78, 5) is 17.9. The predicted octanol–water partition coefficient (Wildman–Crippen LogP) is 2.30. The van der Waals surface area contributed by atoms with Crippen LogP contribution in [0.4, 0.5) is 0 Å². The molecule has 29 heavy (non-hydrogen) atoms. The molecule has 0 spiro atoms. The first-order valence-electron chi connectivity index (χ1n) is 11.0. The molecule has 3 heterocycles. The van der Waals surface area contributed by atoms with Gasteiger partial charge in [0.15, 0.2) is 0 Å². The van der Waals surface area contributed by atoms with E-state index in [-0.39, 0.29) is 17.7 Å². The molecular formula is C23H34N4O2. The van der Waals surface area contributed by atoms with Gasteiger partial charge >= 0.3 is 0 Å². The first kappa shape index (κ1) is 20.4. The fourth-order valence-corrected chi connectivity index (χ4v) is 5.01. The van der Waals surface area contributed by atoms with Crippen molar-refractivity contribution in [3.63, 3.8) is 0 Å². The Labute approximate surface area is 173 Å². The lowest BCUT2D eigenvalue weighted by molar-refractivity contribution is -0.0145. The van der Waals surface area contributed by atoms with Crippen LogP contribution in [-0.4, -0.2) is 62.6 Å². The van der Waals surface area contributed by atoms with Gasteiger partial charge < -0.3 is 5.11 Å². The Morgan fingerprint density at radius 3 is 2.38 bits per heavy atom. The monoisotopic (exact) mass is 398 g/mol. The van der Waals surface area contributed by atoms with E-state index in [1.54, 1.807) is 4.68 Å². The lowest BCUT2D eigenvalue weighted by atomic mass is 9.99. The van der Waals surface area contributed by atoms with Gasteiger partial charge in [-0.15, -0.1) is 0 Å². The Morgan fingerprint density at radius 2 is 1.72 bits per heavy atom. The van der Waals surface area contributed by atoms with Crippen LogP contribution < -0.4 is 5.56 Å². The Balaban J connectivity index is 1.47. The molecule has 2 aromatic rings. The third-order valence-corrected chi connectivity index (χ3v) is 6.80. The van der Waals surface area contributed by atoms with Crippen molar-refractivity contribution in [2.75, 3.05) is 26.2 Å². The number of nitrogens with zero attached hydrogens (tertiary/aromatic N) is 4. The number of aromatic nitrogens is 2. The highest BCUT2D eigenvalue weighted by Crippen LogP contribution is 2.22. The number of aliphatic hydroxyl groups excluding tert-OH is 1. The number of piperidine rings is 1. The lowest BCUT2D eigenvalue weighted by Crippen LogP contribution is -2.54. The van der Waals surface area contributed by atoms with E-state index in [9.17, 15) is 9.90 Å². The van der Waals surface area contributed by atoms with Crippen LogP contribution in [-0.2, 0) is 13.6 Å². The highest BCUT2D eigenvalue weighted by Gasteiger charge is 2.33. The van der Waals surface area contributed by atoms with Gasteiger partial charge in [0.2, 0.25) is 0 Å². The quantitative estimate of drug-likeness (QED) is 0.859. The second kappa shape index (κ2) is 8.86. The van der Waals surface area contributed by atoms with E-state index in [0.717, 1.165) is 43.0 Å². The summed E-state index contributed by atoms with van der Waals surface area (Å²) in [6, 6.07) is 10.0. The number of hydrogen-bond acceptors (Lipinski definition) is 4. The molecule has 0 radical (unpaired) electrons. The maximum atomic E-state index is 13.2. The van der Waals surface area contributed by atoms with Crippen LogP contribution >= 0.6 is 0 Å². The number of rotatable bonds is 4. The molecule has 1 N–H and O–H groups in total. The molecule has 6 heteroatoms. The zero-order chi connectivity index (χ0) is 20.4. The molecule has 0 bridgehead atoms. The Hall–Kier alpha value is -1.89. The van der Waals surface area contributed by atoms with Crippen molar-refractivity contribution in [1.29, 1.82) is 0 Å². The summed E-state index contributed by atoms with van der Waals surface area (Å²) in [5.41, 5.74) is 2.74. The van der Waals surface area contributed by atoms with E-state index in [1.165, 1.54) is 25.7 Å². The topological polar surface area (TPSA) is 53.6 Å². The molecule has 6 nitrogen and oxygen atoms in total. The highest BCUT2D eigenvalue weighted by atomic mass is 16.3. The molecule has 2 fully saturated rings. The average molecular weight is 399 g/mol. The summed E-state index contributed by atoms with van der Waals surface area (Å²) in [7, 11) is 1.94. The molecule has 158 valence electrons. The number of aliphatic hydroxyl groups is 1. The van der Waals surface area contributed by atoms with Gasteiger partial charge in [-0.2, -0.15) is 0 Å². The van der Waals surface area contributed by atoms with Crippen molar-refractivity contribution >= 4 is 0 Å². The number of para-hydroxylation sites is 1. The summed E-state index contributed by atoms with van der Waals surface area (Å²) in [6.07, 6.45) is 5.74. The fraction of sp³-hybridized carbons (Fsp3) is 0.609. The molecule has 2 aliphatic heterocycles. The smallest absolute Gasteiger partial charge is 0.276 e. The number of hydrogen-bond donors (Lipinski definition) is 1. The van der Waals surface area contributed by atoms with Gasteiger partial charge in [-0.3, -0.25) is 19.3 Å². The molecule has 1 aromatic carbocycles. The van der Waals surface area contributed by atoms with Crippen LogP contribution in [0.2, 0.25) is 0 Å². The fourth-order valence-electron chi connectivity index (χ4n) is 5.01. The van der Waals surface area contributed by atoms with Gasteiger partial charge in [0.1, 0.15) is 0 Å². The molecule has 0 aliphatic carbocycles. The molecule has 2 aliphatic rings. The van der Waals surface area contributed by atoms with Crippen LogP contribution in [0, 0.1) is 6.92 Å². The first-order valence-corrected chi connectivity index (χ1v) is 11.0. The minimum Gasteiger partial charge on any atom is -0.390 e. The maximum Gasteiger partial charge on any atom is 0.276 e. The lowest BCUT2D eigenvalue weighted by Gasteiger charge is -2.41. The van der Waals surface area contributed by atoms with E-state index in [2.05, 4.69) is 9.80 Å². The Bertz CT molecular complexity index is 865. The van der Waals surface area contributed by atoms with Crippen LogP contribution in [0.1, 0.15) is 43.4 Å². The first-order chi connectivity index (χ1) is 14.1. The van der Waals surface area contributed by atoms with Crippen LogP contribution in [0.25, 0.3) is 5.69 Å². The molecule has 1 aromatic heterocycles. The van der Waals surface area contributed by atoms with E-state index in [1.807, 2.05) is 49.0 Å². The minimum atomic E-state index is -0.345. The predicted molar refractivity (Wildman–Crippen MR) is 115 cm³/mol. The molecule has 4 rings (SSSR count). The second-order valence-electron chi connectivity index (χ2n) is 8.65. The van der Waals surface area contributed by atoms with E-state index in [4.69, 9.17) is 0 Å². The molecule has 0 amide bonds. The van der Waals surface area contributed by atoms with Gasteiger partial charge in [-0.25, -0.2) is 4.68 Å². The summed E-state index contributed by atoms with van der Waals surface area (Å²) in [5.74, 6) is 0. The van der Waals surface area contributed by atoms with Crippen molar-refractivity contribution in [2.45, 2.75) is 57.7 Å². The van der Waals surface area contributed by atoms with Gasteiger partial charge in [0.05, 0.1) is 17.4 Å². The van der Waals surface area contributed by atoms with Gasteiger partial charge in [0, 0.05) is 38.4 Å². The molecule has 2 atom stereocenters. The average Bonchev–Trinajstić information content (AvgIpc) is 2.93. The summed E-state index contributed by atoms with van der Waals surface area (Å²) >= 11 is 0.